The smallest absolute Gasteiger partial charge is 0.259 e. The zero-order chi connectivity index (χ0) is 15.5. The second-order valence-corrected chi connectivity index (χ2v) is 5.71. The van der Waals surface area contributed by atoms with Crippen molar-refractivity contribution >= 4 is 5.91 Å². The number of pyridine rings is 1. The van der Waals surface area contributed by atoms with Gasteiger partial charge in [0.15, 0.2) is 0 Å². The Labute approximate surface area is 130 Å². The van der Waals surface area contributed by atoms with E-state index in [4.69, 9.17) is 4.52 Å². The minimum Gasteiger partial charge on any atom is -0.361 e. The molecule has 2 aromatic heterocycles. The van der Waals surface area contributed by atoms with Crippen LogP contribution in [0.1, 0.15) is 59.6 Å². The largest absolute Gasteiger partial charge is 0.361 e. The fraction of sp³-hybridized carbons (Fsp3) is 0.471. The van der Waals surface area contributed by atoms with E-state index in [1.54, 1.807) is 6.20 Å². The van der Waals surface area contributed by atoms with E-state index in [0.29, 0.717) is 17.7 Å². The third kappa shape index (κ3) is 2.63. The maximum atomic E-state index is 13.1. The van der Waals surface area contributed by atoms with Crippen molar-refractivity contribution in [3.8, 4) is 0 Å². The van der Waals surface area contributed by atoms with Crippen LogP contribution in [0.25, 0.3) is 0 Å². The first-order chi connectivity index (χ1) is 10.7. The summed E-state index contributed by atoms with van der Waals surface area (Å²) >= 11 is 0. The number of amides is 1. The molecule has 0 aromatic carbocycles. The number of hydrogen-bond donors (Lipinski definition) is 0. The summed E-state index contributed by atoms with van der Waals surface area (Å²) in [6.07, 6.45) is 7.46. The Morgan fingerprint density at radius 1 is 1.45 bits per heavy atom. The van der Waals surface area contributed by atoms with Crippen LogP contribution in [0.4, 0.5) is 0 Å². The Bertz CT molecular complexity index is 651. The van der Waals surface area contributed by atoms with Crippen molar-refractivity contribution in [2.75, 3.05) is 6.54 Å². The SMILES string of the molecule is CCc1noc(C)c1C(=O)N1CCCC[C@H]1c1cccnc1. The molecule has 1 amide bonds. The minimum absolute atomic E-state index is 0.0316. The molecule has 1 atom stereocenters. The first-order valence-corrected chi connectivity index (χ1v) is 7.88. The molecular weight excluding hydrogens is 278 g/mol. The molecule has 5 heteroatoms. The molecule has 0 saturated carbocycles. The number of piperidine rings is 1. The van der Waals surface area contributed by atoms with Crippen molar-refractivity contribution < 1.29 is 9.32 Å². The second-order valence-electron chi connectivity index (χ2n) is 5.71. The summed E-state index contributed by atoms with van der Waals surface area (Å²) < 4.78 is 5.23. The molecule has 22 heavy (non-hydrogen) atoms. The second kappa shape index (κ2) is 6.30. The number of aryl methyl sites for hydroxylation is 2. The Kier molecular flexibility index (Phi) is 4.22. The van der Waals surface area contributed by atoms with Gasteiger partial charge in [0.25, 0.3) is 5.91 Å². The summed E-state index contributed by atoms with van der Waals surface area (Å²) in [5, 5.41) is 4.01. The number of rotatable bonds is 3. The standard InChI is InChI=1S/C17H21N3O2/c1-3-14-16(12(2)22-19-14)17(21)20-10-5-4-8-15(20)13-7-6-9-18-11-13/h6-7,9,11,15H,3-5,8,10H2,1-2H3/t15-/m0/s1. The quantitative estimate of drug-likeness (QED) is 0.872. The van der Waals surface area contributed by atoms with Gasteiger partial charge in [0.05, 0.1) is 11.7 Å². The van der Waals surface area contributed by atoms with Crippen molar-refractivity contribution in [2.45, 2.75) is 45.6 Å². The number of hydrogen-bond acceptors (Lipinski definition) is 4. The maximum absolute atomic E-state index is 13.1. The number of nitrogens with zero attached hydrogens (tertiary/aromatic N) is 3. The topological polar surface area (TPSA) is 59.2 Å². The van der Waals surface area contributed by atoms with E-state index in [1.165, 1.54) is 0 Å². The summed E-state index contributed by atoms with van der Waals surface area (Å²) in [6, 6.07) is 4.06. The average Bonchev–Trinajstić information content (AvgIpc) is 2.96. The lowest BCUT2D eigenvalue weighted by Gasteiger charge is -2.36. The Balaban J connectivity index is 1.94. The zero-order valence-corrected chi connectivity index (χ0v) is 13.1. The van der Waals surface area contributed by atoms with Gasteiger partial charge in [-0.1, -0.05) is 18.1 Å². The van der Waals surface area contributed by atoms with Crippen molar-refractivity contribution in [1.82, 2.24) is 15.0 Å². The van der Waals surface area contributed by atoms with E-state index in [0.717, 1.165) is 37.1 Å². The number of carbonyl (C=O) groups is 1. The Morgan fingerprint density at radius 2 is 2.32 bits per heavy atom. The zero-order valence-electron chi connectivity index (χ0n) is 13.1. The molecule has 0 unspecified atom stereocenters. The third-order valence-electron chi connectivity index (χ3n) is 4.32. The first-order valence-electron chi connectivity index (χ1n) is 7.88. The predicted octanol–water partition coefficient (Wildman–Crippen LogP) is 3.31. The first kappa shape index (κ1) is 14.8. The Hall–Kier alpha value is -2.17. The molecular formula is C17H21N3O2. The van der Waals surface area contributed by atoms with E-state index in [1.807, 2.05) is 37.1 Å². The van der Waals surface area contributed by atoms with Gasteiger partial charge in [0, 0.05) is 18.9 Å². The van der Waals surface area contributed by atoms with Crippen molar-refractivity contribution in [3.05, 3.63) is 47.1 Å². The van der Waals surface area contributed by atoms with Crippen LogP contribution in [-0.4, -0.2) is 27.5 Å². The predicted molar refractivity (Wildman–Crippen MR) is 82.5 cm³/mol. The number of carbonyl (C=O) groups excluding carboxylic acids is 1. The van der Waals surface area contributed by atoms with E-state index >= 15 is 0 Å². The minimum atomic E-state index is 0.0316. The summed E-state index contributed by atoms with van der Waals surface area (Å²) in [5.74, 6) is 0.640. The van der Waals surface area contributed by atoms with Gasteiger partial charge in [0.1, 0.15) is 11.3 Å². The molecule has 0 aliphatic carbocycles. The molecule has 1 aliphatic heterocycles. The molecule has 0 spiro atoms. The molecule has 5 nitrogen and oxygen atoms in total. The van der Waals surface area contributed by atoms with Gasteiger partial charge in [-0.15, -0.1) is 0 Å². The molecule has 1 fully saturated rings. The normalized spacial score (nSPS) is 18.5. The summed E-state index contributed by atoms with van der Waals surface area (Å²) in [7, 11) is 0. The lowest BCUT2D eigenvalue weighted by atomic mass is 9.95. The number of likely N-dealkylation sites (tertiary alicyclic amines) is 1. The van der Waals surface area contributed by atoms with Crippen LogP contribution in [0.15, 0.2) is 29.0 Å². The molecule has 0 radical (unpaired) electrons. The highest BCUT2D eigenvalue weighted by atomic mass is 16.5. The highest BCUT2D eigenvalue weighted by molar-refractivity contribution is 5.96. The van der Waals surface area contributed by atoms with Crippen LogP contribution >= 0.6 is 0 Å². The van der Waals surface area contributed by atoms with Gasteiger partial charge in [-0.25, -0.2) is 0 Å². The van der Waals surface area contributed by atoms with Gasteiger partial charge in [0.2, 0.25) is 0 Å². The molecule has 0 N–H and O–H groups in total. The lowest BCUT2D eigenvalue weighted by Crippen LogP contribution is -2.39. The molecule has 3 heterocycles. The summed E-state index contributed by atoms with van der Waals surface area (Å²) in [5.41, 5.74) is 2.49. The summed E-state index contributed by atoms with van der Waals surface area (Å²) in [4.78, 5) is 19.2. The highest BCUT2D eigenvalue weighted by Gasteiger charge is 2.32. The van der Waals surface area contributed by atoms with Crippen LogP contribution in [0.2, 0.25) is 0 Å². The fourth-order valence-corrected chi connectivity index (χ4v) is 3.17. The number of aromatic nitrogens is 2. The molecule has 0 bridgehead atoms. The van der Waals surface area contributed by atoms with Crippen LogP contribution in [0, 0.1) is 6.92 Å². The fourth-order valence-electron chi connectivity index (χ4n) is 3.17. The van der Waals surface area contributed by atoms with E-state index < -0.39 is 0 Å². The average molecular weight is 299 g/mol. The van der Waals surface area contributed by atoms with Crippen molar-refractivity contribution in [2.24, 2.45) is 0 Å². The van der Waals surface area contributed by atoms with Crippen LogP contribution in [0.3, 0.4) is 0 Å². The maximum Gasteiger partial charge on any atom is 0.259 e. The lowest BCUT2D eigenvalue weighted by molar-refractivity contribution is 0.0608. The van der Waals surface area contributed by atoms with Gasteiger partial charge in [-0.3, -0.25) is 9.78 Å². The molecule has 1 aliphatic rings. The third-order valence-corrected chi connectivity index (χ3v) is 4.32. The Morgan fingerprint density at radius 3 is 3.05 bits per heavy atom. The van der Waals surface area contributed by atoms with E-state index in [2.05, 4.69) is 10.1 Å². The van der Waals surface area contributed by atoms with Crippen molar-refractivity contribution in [3.63, 3.8) is 0 Å². The monoisotopic (exact) mass is 299 g/mol. The van der Waals surface area contributed by atoms with Crippen LogP contribution < -0.4 is 0 Å². The highest BCUT2D eigenvalue weighted by Crippen LogP contribution is 2.32. The van der Waals surface area contributed by atoms with E-state index in [9.17, 15) is 4.79 Å². The summed E-state index contributed by atoms with van der Waals surface area (Å²) in [6.45, 7) is 4.57. The molecule has 2 aromatic rings. The van der Waals surface area contributed by atoms with Gasteiger partial charge >= 0.3 is 0 Å². The molecule has 3 rings (SSSR count). The molecule has 116 valence electrons. The van der Waals surface area contributed by atoms with Gasteiger partial charge in [-0.05, 0) is 44.2 Å². The van der Waals surface area contributed by atoms with Crippen molar-refractivity contribution in [1.29, 1.82) is 0 Å². The van der Waals surface area contributed by atoms with Gasteiger partial charge < -0.3 is 9.42 Å². The molecule has 1 saturated heterocycles. The van der Waals surface area contributed by atoms with E-state index in [-0.39, 0.29) is 11.9 Å². The van der Waals surface area contributed by atoms with Crippen LogP contribution in [-0.2, 0) is 6.42 Å². The van der Waals surface area contributed by atoms with Crippen LogP contribution in [0.5, 0.6) is 0 Å². The van der Waals surface area contributed by atoms with Gasteiger partial charge in [-0.2, -0.15) is 0 Å².